The zero-order valence-corrected chi connectivity index (χ0v) is 7.53. The van der Waals surface area contributed by atoms with Gasteiger partial charge in [-0.25, -0.2) is 4.79 Å². The zero-order valence-electron chi connectivity index (χ0n) is 7.53. The highest BCUT2D eigenvalue weighted by atomic mass is 16.5. The predicted molar refractivity (Wildman–Crippen MR) is 44.8 cm³/mol. The molecule has 0 aromatic carbocycles. The Labute approximate surface area is 80.6 Å². The summed E-state index contributed by atoms with van der Waals surface area (Å²) in [5.74, 6) is -0.818. The minimum absolute atomic E-state index is 0.287. The molecule has 0 bridgehead atoms. The third-order valence-electron chi connectivity index (χ3n) is 1.09. The Morgan fingerprint density at radius 3 is 2.57 bits per heavy atom. The largest absolute Gasteiger partial charge is 0.468 e. The Hall–Kier alpha value is -2.03. The molecule has 1 N–H and O–H groups in total. The molecule has 0 saturated heterocycles. The summed E-state index contributed by atoms with van der Waals surface area (Å²) in [6.45, 7) is -0.676. The Morgan fingerprint density at radius 1 is 1.43 bits per heavy atom. The Kier molecular flexibility index (Phi) is 5.54. The second kappa shape index (κ2) is 6.48. The number of hydrogen-bond acceptors (Lipinski definition) is 5. The molecule has 0 aromatic heterocycles. The van der Waals surface area contributed by atoms with E-state index in [1.54, 1.807) is 0 Å². The van der Waals surface area contributed by atoms with Gasteiger partial charge in [-0.05, 0) is 0 Å². The maximum Gasteiger partial charge on any atom is 0.397 e. The average molecular weight is 199 g/mol. The van der Waals surface area contributed by atoms with Gasteiger partial charge in [0.15, 0.2) is 6.61 Å². The number of carbonyl (C=O) groups excluding carboxylic acids is 3. The van der Waals surface area contributed by atoms with Crippen LogP contribution < -0.4 is 5.32 Å². The first-order chi connectivity index (χ1) is 6.61. The van der Waals surface area contributed by atoms with Crippen molar-refractivity contribution >= 4 is 17.8 Å². The van der Waals surface area contributed by atoms with Crippen molar-refractivity contribution in [3.8, 4) is 12.3 Å². The van der Waals surface area contributed by atoms with E-state index in [9.17, 15) is 14.4 Å². The number of esters is 2. The molecular formula is C8H9NO5. The van der Waals surface area contributed by atoms with E-state index in [-0.39, 0.29) is 13.2 Å². The molecule has 0 aliphatic rings. The Morgan fingerprint density at radius 2 is 2.07 bits per heavy atom. The van der Waals surface area contributed by atoms with Crippen LogP contribution in [0.1, 0.15) is 0 Å². The lowest BCUT2D eigenvalue weighted by atomic mass is 10.5. The van der Waals surface area contributed by atoms with Crippen molar-refractivity contribution in [3.05, 3.63) is 0 Å². The van der Waals surface area contributed by atoms with Gasteiger partial charge in [0.25, 0.3) is 0 Å². The fraction of sp³-hybridized carbons (Fsp3) is 0.375. The summed E-state index contributed by atoms with van der Waals surface area (Å²) in [5, 5.41) is 1.99. The van der Waals surface area contributed by atoms with Gasteiger partial charge in [-0.3, -0.25) is 9.59 Å². The van der Waals surface area contributed by atoms with Gasteiger partial charge < -0.3 is 14.8 Å². The molecule has 0 rings (SSSR count). The summed E-state index contributed by atoms with van der Waals surface area (Å²) in [5.41, 5.74) is 0. The van der Waals surface area contributed by atoms with Crippen molar-refractivity contribution < 1.29 is 23.9 Å². The molecule has 0 fully saturated rings. The van der Waals surface area contributed by atoms with E-state index in [1.165, 1.54) is 0 Å². The van der Waals surface area contributed by atoms with Crippen molar-refractivity contribution in [1.82, 2.24) is 5.32 Å². The maximum absolute atomic E-state index is 10.8. The molecule has 14 heavy (non-hydrogen) atoms. The highest BCUT2D eigenvalue weighted by Crippen LogP contribution is 1.78. The molecular weight excluding hydrogens is 190 g/mol. The molecule has 6 heteroatoms. The van der Waals surface area contributed by atoms with Gasteiger partial charge in [0, 0.05) is 0 Å². The smallest absolute Gasteiger partial charge is 0.397 e. The second-order valence-corrected chi connectivity index (χ2v) is 2.04. The molecule has 0 spiro atoms. The highest BCUT2D eigenvalue weighted by molar-refractivity contribution is 6.32. The summed E-state index contributed by atoms with van der Waals surface area (Å²) < 4.78 is 8.50. The molecule has 0 heterocycles. The number of ether oxygens (including phenoxy) is 2. The number of hydrogen-bond donors (Lipinski definition) is 1. The van der Waals surface area contributed by atoms with Crippen molar-refractivity contribution in [2.75, 3.05) is 20.3 Å². The SMILES string of the molecule is C#CCOC(=O)C(=O)NCC(=O)OC. The molecule has 76 valence electrons. The lowest BCUT2D eigenvalue weighted by Gasteiger charge is -2.02. The third kappa shape index (κ3) is 4.77. The maximum atomic E-state index is 10.8. The van der Waals surface area contributed by atoms with Crippen LogP contribution in [-0.4, -0.2) is 38.1 Å². The summed E-state index contributed by atoms with van der Waals surface area (Å²) in [6.07, 6.45) is 4.79. The molecule has 0 atom stereocenters. The zero-order chi connectivity index (χ0) is 11.0. The van der Waals surface area contributed by atoms with Crippen molar-refractivity contribution in [3.63, 3.8) is 0 Å². The van der Waals surface area contributed by atoms with E-state index in [2.05, 4.69) is 9.47 Å². The average Bonchev–Trinajstić information content (AvgIpc) is 2.21. The molecule has 0 unspecified atom stereocenters. The first-order valence-electron chi connectivity index (χ1n) is 3.57. The monoisotopic (exact) mass is 199 g/mol. The minimum atomic E-state index is -1.13. The van der Waals surface area contributed by atoms with Crippen LogP contribution in [0.2, 0.25) is 0 Å². The number of terminal acetylenes is 1. The van der Waals surface area contributed by atoms with Crippen LogP contribution >= 0.6 is 0 Å². The molecule has 6 nitrogen and oxygen atoms in total. The topological polar surface area (TPSA) is 81.7 Å². The number of carbonyl (C=O) groups is 3. The van der Waals surface area contributed by atoms with Crippen molar-refractivity contribution in [1.29, 1.82) is 0 Å². The van der Waals surface area contributed by atoms with Crippen molar-refractivity contribution in [2.45, 2.75) is 0 Å². The van der Waals surface area contributed by atoms with Gasteiger partial charge in [0.05, 0.1) is 7.11 Å². The molecule has 0 radical (unpaired) electrons. The first kappa shape index (κ1) is 12.0. The second-order valence-electron chi connectivity index (χ2n) is 2.04. The first-order valence-corrected chi connectivity index (χ1v) is 3.57. The molecule has 0 aliphatic heterocycles. The van der Waals surface area contributed by atoms with Crippen LogP contribution in [0.25, 0.3) is 0 Å². The standard InChI is InChI=1S/C8H9NO5/c1-3-4-14-8(12)7(11)9-5-6(10)13-2/h1H,4-5H2,2H3,(H,9,11). The number of amides is 1. The summed E-state index contributed by atoms with van der Waals surface area (Å²) in [7, 11) is 1.16. The fourth-order valence-electron chi connectivity index (χ4n) is 0.470. The Balaban J connectivity index is 3.80. The third-order valence-corrected chi connectivity index (χ3v) is 1.09. The summed E-state index contributed by atoms with van der Waals surface area (Å²) in [6, 6.07) is 0. The molecule has 0 saturated carbocycles. The van der Waals surface area contributed by atoms with Crippen LogP contribution in [0.5, 0.6) is 0 Å². The highest BCUT2D eigenvalue weighted by Gasteiger charge is 2.15. The van der Waals surface area contributed by atoms with Gasteiger partial charge in [-0.15, -0.1) is 6.42 Å². The lowest BCUT2D eigenvalue weighted by molar-refractivity contribution is -0.154. The van der Waals surface area contributed by atoms with E-state index in [0.29, 0.717) is 0 Å². The minimum Gasteiger partial charge on any atom is -0.468 e. The number of rotatable bonds is 3. The summed E-state index contributed by atoms with van der Waals surface area (Å²) in [4.78, 5) is 32.1. The van der Waals surface area contributed by atoms with E-state index >= 15 is 0 Å². The quantitative estimate of drug-likeness (QED) is 0.338. The van der Waals surface area contributed by atoms with Gasteiger partial charge in [-0.2, -0.15) is 0 Å². The molecule has 0 aromatic rings. The van der Waals surface area contributed by atoms with Crippen LogP contribution in [0.15, 0.2) is 0 Å². The van der Waals surface area contributed by atoms with Gasteiger partial charge >= 0.3 is 17.8 Å². The van der Waals surface area contributed by atoms with Gasteiger partial charge in [0.1, 0.15) is 6.54 Å². The molecule has 1 amide bonds. The number of nitrogens with one attached hydrogen (secondary N) is 1. The van der Waals surface area contributed by atoms with E-state index in [4.69, 9.17) is 6.42 Å². The van der Waals surface area contributed by atoms with E-state index in [0.717, 1.165) is 7.11 Å². The lowest BCUT2D eigenvalue weighted by Crippen LogP contribution is -2.36. The van der Waals surface area contributed by atoms with Gasteiger partial charge in [-0.1, -0.05) is 5.92 Å². The van der Waals surface area contributed by atoms with Crippen LogP contribution in [0, 0.1) is 12.3 Å². The molecule has 0 aliphatic carbocycles. The number of methoxy groups -OCH3 is 1. The summed E-state index contributed by atoms with van der Waals surface area (Å²) >= 11 is 0. The normalized spacial score (nSPS) is 8.29. The van der Waals surface area contributed by atoms with Gasteiger partial charge in [0.2, 0.25) is 0 Å². The van der Waals surface area contributed by atoms with Crippen LogP contribution in [0.3, 0.4) is 0 Å². The van der Waals surface area contributed by atoms with Crippen LogP contribution in [-0.2, 0) is 23.9 Å². The van der Waals surface area contributed by atoms with E-state index < -0.39 is 17.8 Å². The fourth-order valence-corrected chi connectivity index (χ4v) is 0.470. The van der Waals surface area contributed by atoms with Crippen molar-refractivity contribution in [2.24, 2.45) is 0 Å². The predicted octanol–water partition coefficient (Wildman–Crippen LogP) is -1.55. The van der Waals surface area contributed by atoms with Crippen LogP contribution in [0.4, 0.5) is 0 Å². The van der Waals surface area contributed by atoms with E-state index in [1.807, 2.05) is 11.2 Å². The Bertz CT molecular complexity index is 278.